The molecule has 1 heterocycles. The number of carbonyl (C=O) groups excluding carboxylic acids is 3. The van der Waals surface area contributed by atoms with Crippen molar-refractivity contribution in [3.63, 3.8) is 0 Å². The average Bonchev–Trinajstić information content (AvgIpc) is 3.13. The maximum absolute atomic E-state index is 12.9. The van der Waals surface area contributed by atoms with E-state index >= 15 is 0 Å². The first-order chi connectivity index (χ1) is 11.4. The Balaban J connectivity index is 1.63. The molecule has 1 aromatic carbocycles. The standard InChI is InChI=1S/C17H16Br2N2O3/c1-7(22)20-8-2-4-9(5-3-8)21-16(23)12-10-6-11(13(12)17(21)24)15(19)14(10)18/h2-5,10-15H,6H2,1H3,(H,20,22)/t10-,11+,12-,13+,14-,15+. The van der Waals surface area contributed by atoms with E-state index in [0.717, 1.165) is 6.42 Å². The van der Waals surface area contributed by atoms with Crippen LogP contribution >= 0.6 is 31.9 Å². The minimum Gasteiger partial charge on any atom is -0.326 e. The zero-order valence-corrected chi connectivity index (χ0v) is 16.1. The lowest BCUT2D eigenvalue weighted by molar-refractivity contribution is -0.123. The molecule has 1 N–H and O–H groups in total. The Bertz CT molecular complexity index is 704. The molecule has 0 aromatic heterocycles. The van der Waals surface area contributed by atoms with Crippen molar-refractivity contribution in [2.45, 2.75) is 23.0 Å². The fourth-order valence-electron chi connectivity index (χ4n) is 4.50. The summed E-state index contributed by atoms with van der Waals surface area (Å²) in [5, 5.41) is 2.68. The maximum Gasteiger partial charge on any atom is 0.238 e. The SMILES string of the molecule is CC(=O)Nc1ccc(N2C(=O)[C@@H]3[C@H]4C[C@H]([C@H](Br)[C@@H]4Br)[C@@H]3C2=O)cc1. The van der Waals surface area contributed by atoms with Crippen molar-refractivity contribution in [1.29, 1.82) is 0 Å². The summed E-state index contributed by atoms with van der Waals surface area (Å²) in [4.78, 5) is 38.7. The average molecular weight is 456 g/mol. The van der Waals surface area contributed by atoms with E-state index in [2.05, 4.69) is 37.2 Å². The number of hydrogen-bond donors (Lipinski definition) is 1. The summed E-state index contributed by atoms with van der Waals surface area (Å²) in [5.74, 6) is -0.337. The van der Waals surface area contributed by atoms with Gasteiger partial charge in [-0.2, -0.15) is 0 Å². The summed E-state index contributed by atoms with van der Waals surface area (Å²) in [7, 11) is 0. The molecule has 4 rings (SSSR count). The molecule has 1 aromatic rings. The molecule has 3 fully saturated rings. The number of amides is 3. The van der Waals surface area contributed by atoms with E-state index in [1.807, 2.05) is 0 Å². The van der Waals surface area contributed by atoms with Crippen LogP contribution in [0.1, 0.15) is 13.3 Å². The third kappa shape index (κ3) is 2.20. The summed E-state index contributed by atoms with van der Waals surface area (Å²) >= 11 is 7.37. The molecule has 0 spiro atoms. The summed E-state index contributed by atoms with van der Waals surface area (Å²) in [6, 6.07) is 6.84. The number of hydrogen-bond acceptors (Lipinski definition) is 3. The van der Waals surface area contributed by atoms with Crippen molar-refractivity contribution >= 4 is 61.0 Å². The molecule has 3 amide bonds. The first-order valence-corrected chi connectivity index (χ1v) is 9.77. The molecular formula is C17H16Br2N2O3. The van der Waals surface area contributed by atoms with Crippen LogP contribution in [-0.4, -0.2) is 27.4 Å². The molecule has 2 aliphatic carbocycles. The van der Waals surface area contributed by atoms with Crippen LogP contribution in [0.25, 0.3) is 0 Å². The Labute approximate surface area is 156 Å². The Kier molecular flexibility index (Phi) is 3.84. The minimum absolute atomic E-state index is 0.0892. The van der Waals surface area contributed by atoms with Gasteiger partial charge in [0.15, 0.2) is 0 Å². The van der Waals surface area contributed by atoms with Crippen LogP contribution in [-0.2, 0) is 14.4 Å². The van der Waals surface area contributed by atoms with Crippen molar-refractivity contribution in [3.05, 3.63) is 24.3 Å². The van der Waals surface area contributed by atoms with E-state index in [1.165, 1.54) is 11.8 Å². The van der Waals surface area contributed by atoms with Crippen molar-refractivity contribution in [1.82, 2.24) is 0 Å². The van der Waals surface area contributed by atoms with E-state index in [1.54, 1.807) is 24.3 Å². The topological polar surface area (TPSA) is 66.5 Å². The van der Waals surface area contributed by atoms with Crippen molar-refractivity contribution in [2.24, 2.45) is 23.7 Å². The van der Waals surface area contributed by atoms with Crippen molar-refractivity contribution in [3.8, 4) is 0 Å². The highest BCUT2D eigenvalue weighted by atomic mass is 79.9. The lowest BCUT2D eigenvalue weighted by Crippen LogP contribution is -2.37. The number of alkyl halides is 2. The predicted octanol–water partition coefficient (Wildman–Crippen LogP) is 2.93. The van der Waals surface area contributed by atoms with Gasteiger partial charge in [-0.05, 0) is 42.5 Å². The second kappa shape index (κ2) is 5.66. The number of imide groups is 1. The minimum atomic E-state index is -0.212. The van der Waals surface area contributed by atoms with E-state index in [4.69, 9.17) is 0 Å². The van der Waals surface area contributed by atoms with Crippen LogP contribution in [0, 0.1) is 23.7 Å². The van der Waals surface area contributed by atoms with Gasteiger partial charge in [0.25, 0.3) is 0 Å². The zero-order chi connectivity index (χ0) is 17.2. The van der Waals surface area contributed by atoms with Gasteiger partial charge >= 0.3 is 0 Å². The number of rotatable bonds is 2. The maximum atomic E-state index is 12.9. The molecule has 3 aliphatic rings. The van der Waals surface area contributed by atoms with Crippen LogP contribution in [0.2, 0.25) is 0 Å². The number of carbonyl (C=O) groups is 3. The van der Waals surface area contributed by atoms with Crippen molar-refractivity contribution in [2.75, 3.05) is 10.2 Å². The van der Waals surface area contributed by atoms with E-state index in [0.29, 0.717) is 11.4 Å². The molecule has 1 saturated heterocycles. The third-order valence-corrected chi connectivity index (χ3v) is 8.64. The normalized spacial score (nSPS) is 37.0. The summed E-state index contributed by atoms with van der Waals surface area (Å²) < 4.78 is 0. The Morgan fingerprint density at radius 3 is 2.00 bits per heavy atom. The van der Waals surface area contributed by atoms with Crippen LogP contribution in [0.15, 0.2) is 24.3 Å². The predicted molar refractivity (Wildman–Crippen MR) is 97.2 cm³/mol. The van der Waals surface area contributed by atoms with Gasteiger partial charge in [-0.25, -0.2) is 0 Å². The molecule has 126 valence electrons. The quantitative estimate of drug-likeness (QED) is 0.550. The highest BCUT2D eigenvalue weighted by Crippen LogP contribution is 2.60. The number of benzene rings is 1. The molecule has 2 bridgehead atoms. The second-order valence-corrected chi connectivity index (χ2v) is 8.86. The largest absolute Gasteiger partial charge is 0.326 e. The van der Waals surface area contributed by atoms with Gasteiger partial charge in [0.1, 0.15) is 0 Å². The van der Waals surface area contributed by atoms with Gasteiger partial charge in [0, 0.05) is 22.3 Å². The van der Waals surface area contributed by atoms with Gasteiger partial charge in [-0.3, -0.25) is 19.3 Å². The monoisotopic (exact) mass is 454 g/mol. The molecule has 7 heteroatoms. The van der Waals surface area contributed by atoms with Crippen LogP contribution in [0.5, 0.6) is 0 Å². The molecule has 24 heavy (non-hydrogen) atoms. The van der Waals surface area contributed by atoms with E-state index in [9.17, 15) is 14.4 Å². The molecule has 1 aliphatic heterocycles. The molecule has 0 radical (unpaired) electrons. The molecular weight excluding hydrogens is 440 g/mol. The lowest BCUT2D eigenvalue weighted by atomic mass is 9.81. The first-order valence-electron chi connectivity index (χ1n) is 7.93. The lowest BCUT2D eigenvalue weighted by Gasteiger charge is -2.28. The summed E-state index contributed by atoms with van der Waals surface area (Å²) in [6.45, 7) is 1.44. The zero-order valence-electron chi connectivity index (χ0n) is 12.9. The van der Waals surface area contributed by atoms with E-state index < -0.39 is 0 Å². The van der Waals surface area contributed by atoms with Gasteiger partial charge in [-0.15, -0.1) is 0 Å². The molecule has 0 unspecified atom stereocenters. The molecule has 2 saturated carbocycles. The number of anilines is 2. The second-order valence-electron chi connectivity index (χ2n) is 6.74. The van der Waals surface area contributed by atoms with Gasteiger partial charge < -0.3 is 5.32 Å². The smallest absolute Gasteiger partial charge is 0.238 e. The van der Waals surface area contributed by atoms with E-state index in [-0.39, 0.29) is 51.0 Å². The van der Waals surface area contributed by atoms with Gasteiger partial charge in [0.2, 0.25) is 17.7 Å². The number of halogens is 2. The summed E-state index contributed by atoms with van der Waals surface area (Å²) in [6.07, 6.45) is 0.925. The van der Waals surface area contributed by atoms with Crippen LogP contribution in [0.4, 0.5) is 11.4 Å². The van der Waals surface area contributed by atoms with Crippen LogP contribution in [0.3, 0.4) is 0 Å². The highest BCUT2D eigenvalue weighted by Gasteiger charge is 2.66. The number of fused-ring (bicyclic) bond motifs is 5. The molecule has 6 atom stereocenters. The Morgan fingerprint density at radius 1 is 1.04 bits per heavy atom. The van der Waals surface area contributed by atoms with Crippen molar-refractivity contribution < 1.29 is 14.4 Å². The number of nitrogens with one attached hydrogen (secondary N) is 1. The fraction of sp³-hybridized carbons (Fsp3) is 0.471. The first kappa shape index (κ1) is 16.3. The number of nitrogens with zero attached hydrogens (tertiary/aromatic N) is 1. The Hall–Kier alpha value is -1.21. The highest BCUT2D eigenvalue weighted by molar-refractivity contribution is 9.12. The Morgan fingerprint density at radius 2 is 1.54 bits per heavy atom. The van der Waals surface area contributed by atoms with Crippen LogP contribution < -0.4 is 10.2 Å². The van der Waals surface area contributed by atoms with Gasteiger partial charge in [0.05, 0.1) is 17.5 Å². The summed E-state index contributed by atoms with van der Waals surface area (Å²) in [5.41, 5.74) is 1.22. The van der Waals surface area contributed by atoms with Gasteiger partial charge in [-0.1, -0.05) is 31.9 Å². The molecule has 5 nitrogen and oxygen atoms in total. The third-order valence-electron chi connectivity index (χ3n) is 5.43. The fourth-order valence-corrected chi connectivity index (χ4v) is 6.37.